The van der Waals surface area contributed by atoms with Crippen molar-refractivity contribution >= 4 is 22.8 Å². The second-order valence-electron chi connectivity index (χ2n) is 7.01. The molecule has 1 aliphatic rings. The third-order valence-corrected chi connectivity index (χ3v) is 5.49. The molecule has 1 fully saturated rings. The van der Waals surface area contributed by atoms with Crippen LogP contribution in [-0.4, -0.2) is 41.6 Å². The van der Waals surface area contributed by atoms with Gasteiger partial charge in [-0.05, 0) is 31.0 Å². The highest BCUT2D eigenvalue weighted by Gasteiger charge is 2.40. The lowest BCUT2D eigenvalue weighted by Gasteiger charge is -2.22. The number of hydrogen-bond acceptors (Lipinski definition) is 4. The van der Waals surface area contributed by atoms with E-state index in [1.807, 2.05) is 42.5 Å². The highest BCUT2D eigenvalue weighted by atomic mass is 16.5. The Bertz CT molecular complexity index is 1040. The molecule has 1 saturated heterocycles. The molecule has 28 heavy (non-hydrogen) atoms. The molecule has 0 saturated carbocycles. The molecule has 2 heterocycles. The van der Waals surface area contributed by atoms with Crippen molar-refractivity contribution in [2.45, 2.75) is 19.4 Å². The molecule has 144 valence electrons. The summed E-state index contributed by atoms with van der Waals surface area (Å²) >= 11 is 0. The molecule has 0 spiro atoms. The lowest BCUT2D eigenvalue weighted by molar-refractivity contribution is -0.142. The van der Waals surface area contributed by atoms with Crippen molar-refractivity contribution in [2.24, 2.45) is 5.92 Å². The van der Waals surface area contributed by atoms with Crippen LogP contribution in [0.1, 0.15) is 23.9 Å². The first-order valence-electron chi connectivity index (χ1n) is 9.21. The van der Waals surface area contributed by atoms with Gasteiger partial charge in [0.2, 0.25) is 5.76 Å². The van der Waals surface area contributed by atoms with Crippen molar-refractivity contribution in [3.63, 3.8) is 0 Å². The van der Waals surface area contributed by atoms with Crippen molar-refractivity contribution in [3.05, 3.63) is 54.3 Å². The molecule has 2 unspecified atom stereocenters. The number of carbonyl (C=O) groups is 2. The number of aliphatic carboxylic acids is 1. The maximum atomic E-state index is 13.4. The van der Waals surface area contributed by atoms with Gasteiger partial charge in [-0.3, -0.25) is 9.59 Å². The standard InChI is InChI=1S/C22H21NO5/c1-13-16(22(25)26)10-11-23(13)21(24)20-19(14-6-4-3-5-7-14)17-9-8-15(27-2)12-18(17)28-20/h3-9,12-13,16H,10-11H2,1-2H3,(H,25,26). The van der Waals surface area contributed by atoms with Crippen LogP contribution >= 0.6 is 0 Å². The number of methoxy groups -OCH3 is 1. The van der Waals surface area contributed by atoms with Crippen molar-refractivity contribution in [2.75, 3.05) is 13.7 Å². The number of fused-ring (bicyclic) bond motifs is 1. The molecule has 0 radical (unpaired) electrons. The summed E-state index contributed by atoms with van der Waals surface area (Å²) < 4.78 is 11.3. The first kappa shape index (κ1) is 18.1. The van der Waals surface area contributed by atoms with Crippen LogP contribution in [0.2, 0.25) is 0 Å². The van der Waals surface area contributed by atoms with Gasteiger partial charge in [0.1, 0.15) is 11.3 Å². The predicted molar refractivity (Wildman–Crippen MR) is 104 cm³/mol. The zero-order valence-electron chi connectivity index (χ0n) is 15.7. The third kappa shape index (κ3) is 2.91. The third-order valence-electron chi connectivity index (χ3n) is 5.49. The minimum Gasteiger partial charge on any atom is -0.497 e. The number of ether oxygens (including phenoxy) is 1. The van der Waals surface area contributed by atoms with E-state index < -0.39 is 17.9 Å². The van der Waals surface area contributed by atoms with Gasteiger partial charge >= 0.3 is 5.97 Å². The first-order valence-corrected chi connectivity index (χ1v) is 9.21. The van der Waals surface area contributed by atoms with Crippen LogP contribution in [0.4, 0.5) is 0 Å². The van der Waals surface area contributed by atoms with Gasteiger partial charge in [0.25, 0.3) is 5.91 Å². The summed E-state index contributed by atoms with van der Waals surface area (Å²) in [7, 11) is 1.58. The van der Waals surface area contributed by atoms with Crippen molar-refractivity contribution in [1.82, 2.24) is 4.90 Å². The number of amides is 1. The molecule has 2 aromatic carbocycles. The smallest absolute Gasteiger partial charge is 0.308 e. The molecular weight excluding hydrogens is 358 g/mol. The van der Waals surface area contributed by atoms with Crippen LogP contribution < -0.4 is 4.74 Å². The number of carboxylic acid groups (broad SMARTS) is 1. The first-order chi connectivity index (χ1) is 13.5. The number of carbonyl (C=O) groups excluding carboxylic acids is 1. The summed E-state index contributed by atoms with van der Waals surface area (Å²) in [6.45, 7) is 2.17. The fourth-order valence-corrected chi connectivity index (χ4v) is 3.93. The predicted octanol–water partition coefficient (Wildman–Crippen LogP) is 4.04. The van der Waals surface area contributed by atoms with E-state index in [2.05, 4.69) is 0 Å². The topological polar surface area (TPSA) is 80.0 Å². The Balaban J connectivity index is 1.84. The van der Waals surface area contributed by atoms with Gasteiger partial charge in [-0.25, -0.2) is 0 Å². The van der Waals surface area contributed by atoms with E-state index in [4.69, 9.17) is 9.15 Å². The molecule has 1 aliphatic heterocycles. The second kappa shape index (κ2) is 7.03. The number of carboxylic acids is 1. The molecule has 1 aromatic heterocycles. The van der Waals surface area contributed by atoms with E-state index in [0.29, 0.717) is 29.9 Å². The van der Waals surface area contributed by atoms with Gasteiger partial charge < -0.3 is 19.2 Å². The Kier molecular flexibility index (Phi) is 4.55. The van der Waals surface area contributed by atoms with E-state index in [0.717, 1.165) is 10.9 Å². The lowest BCUT2D eigenvalue weighted by atomic mass is 10.0. The summed E-state index contributed by atoms with van der Waals surface area (Å²) in [5.41, 5.74) is 2.15. The van der Waals surface area contributed by atoms with Crippen LogP contribution in [0.25, 0.3) is 22.1 Å². The fourth-order valence-electron chi connectivity index (χ4n) is 3.93. The Labute approximate surface area is 162 Å². The molecule has 6 nitrogen and oxygen atoms in total. The average Bonchev–Trinajstić information content (AvgIpc) is 3.28. The fraction of sp³-hybridized carbons (Fsp3) is 0.273. The van der Waals surface area contributed by atoms with Gasteiger partial charge in [0, 0.05) is 29.6 Å². The molecule has 6 heteroatoms. The van der Waals surface area contributed by atoms with E-state index in [-0.39, 0.29) is 11.7 Å². The lowest BCUT2D eigenvalue weighted by Crippen LogP contribution is -2.37. The minimum atomic E-state index is -0.875. The molecular formula is C22H21NO5. The molecule has 2 atom stereocenters. The van der Waals surface area contributed by atoms with E-state index in [1.54, 1.807) is 25.0 Å². The van der Waals surface area contributed by atoms with E-state index >= 15 is 0 Å². The molecule has 4 rings (SSSR count). The van der Waals surface area contributed by atoms with Crippen molar-refractivity contribution < 1.29 is 23.8 Å². The maximum Gasteiger partial charge on any atom is 0.308 e. The Morgan fingerprint density at radius 3 is 2.57 bits per heavy atom. The number of benzene rings is 2. The van der Waals surface area contributed by atoms with Crippen molar-refractivity contribution in [1.29, 1.82) is 0 Å². The van der Waals surface area contributed by atoms with Gasteiger partial charge in [-0.15, -0.1) is 0 Å². The number of hydrogen-bond donors (Lipinski definition) is 1. The van der Waals surface area contributed by atoms with Gasteiger partial charge in [-0.2, -0.15) is 0 Å². The summed E-state index contributed by atoms with van der Waals surface area (Å²) in [6, 6.07) is 14.7. The molecule has 3 aromatic rings. The van der Waals surface area contributed by atoms with Crippen LogP contribution in [0.5, 0.6) is 5.75 Å². The Morgan fingerprint density at radius 2 is 1.93 bits per heavy atom. The van der Waals surface area contributed by atoms with E-state index in [9.17, 15) is 14.7 Å². The summed E-state index contributed by atoms with van der Waals surface area (Å²) in [5.74, 6) is -0.855. The van der Waals surface area contributed by atoms with Gasteiger partial charge in [0.15, 0.2) is 0 Å². The highest BCUT2D eigenvalue weighted by Crippen LogP contribution is 2.38. The molecule has 1 amide bonds. The number of nitrogens with zero attached hydrogens (tertiary/aromatic N) is 1. The number of rotatable bonds is 4. The zero-order chi connectivity index (χ0) is 19.8. The maximum absolute atomic E-state index is 13.4. The van der Waals surface area contributed by atoms with Gasteiger partial charge in [-0.1, -0.05) is 30.3 Å². The zero-order valence-corrected chi connectivity index (χ0v) is 15.7. The summed E-state index contributed by atoms with van der Waals surface area (Å²) in [5, 5.41) is 10.2. The number of likely N-dealkylation sites (tertiary alicyclic amines) is 1. The van der Waals surface area contributed by atoms with Crippen LogP contribution in [0, 0.1) is 5.92 Å². The Hall–Kier alpha value is -3.28. The summed E-state index contributed by atoms with van der Waals surface area (Å²) in [4.78, 5) is 26.4. The normalized spacial score (nSPS) is 19.1. The molecule has 0 aliphatic carbocycles. The molecule has 0 bridgehead atoms. The quantitative estimate of drug-likeness (QED) is 0.740. The minimum absolute atomic E-state index is 0.229. The van der Waals surface area contributed by atoms with Crippen molar-refractivity contribution in [3.8, 4) is 16.9 Å². The Morgan fingerprint density at radius 1 is 1.18 bits per heavy atom. The highest BCUT2D eigenvalue weighted by molar-refractivity contribution is 6.08. The van der Waals surface area contributed by atoms with Crippen LogP contribution in [-0.2, 0) is 4.79 Å². The van der Waals surface area contributed by atoms with Crippen LogP contribution in [0.3, 0.4) is 0 Å². The monoisotopic (exact) mass is 379 g/mol. The van der Waals surface area contributed by atoms with Gasteiger partial charge in [0.05, 0.1) is 13.0 Å². The summed E-state index contributed by atoms with van der Waals surface area (Å²) in [6.07, 6.45) is 0.441. The molecule has 1 N–H and O–H groups in total. The second-order valence-corrected chi connectivity index (χ2v) is 7.01. The SMILES string of the molecule is COc1ccc2c(-c3ccccc3)c(C(=O)N3CCC(C(=O)O)C3C)oc2c1. The van der Waals surface area contributed by atoms with Crippen LogP contribution in [0.15, 0.2) is 52.9 Å². The number of furan rings is 1. The van der Waals surface area contributed by atoms with E-state index in [1.165, 1.54) is 0 Å². The largest absolute Gasteiger partial charge is 0.497 e. The average molecular weight is 379 g/mol.